The fourth-order valence-electron chi connectivity index (χ4n) is 4.15. The third kappa shape index (κ3) is 7.01. The maximum Gasteiger partial charge on any atom is 0.416 e. The average Bonchev–Trinajstić information content (AvgIpc) is 3.38. The highest BCUT2D eigenvalue weighted by atomic mass is 35.5. The van der Waals surface area contributed by atoms with Crippen LogP contribution in [0.2, 0.25) is 5.02 Å². The second-order valence-corrected chi connectivity index (χ2v) is 11.6. The maximum absolute atomic E-state index is 13.0. The molecule has 0 atom stereocenters. The Labute approximate surface area is 244 Å². The fraction of sp³-hybridized carbons (Fsp3) is 0.172. The Morgan fingerprint density at radius 2 is 1.74 bits per heavy atom. The van der Waals surface area contributed by atoms with Gasteiger partial charge in [-0.1, -0.05) is 35.9 Å². The molecule has 13 heteroatoms. The first-order chi connectivity index (χ1) is 20.1. The molecule has 218 valence electrons. The number of rotatable bonds is 11. The van der Waals surface area contributed by atoms with Gasteiger partial charge in [-0.25, -0.2) is 18.4 Å². The zero-order valence-electron chi connectivity index (χ0n) is 21.9. The maximum atomic E-state index is 13.0. The van der Waals surface area contributed by atoms with Crippen molar-refractivity contribution in [2.45, 2.75) is 17.6 Å². The predicted octanol–water partition coefficient (Wildman–Crippen LogP) is 7.13. The molecule has 3 aromatic carbocycles. The van der Waals surface area contributed by atoms with Crippen LogP contribution in [0.1, 0.15) is 5.56 Å². The zero-order valence-corrected chi connectivity index (χ0v) is 23.5. The van der Waals surface area contributed by atoms with E-state index in [1.165, 1.54) is 18.5 Å². The van der Waals surface area contributed by atoms with Crippen LogP contribution in [-0.2, 0) is 27.3 Å². The Kier molecular flexibility index (Phi) is 8.66. The summed E-state index contributed by atoms with van der Waals surface area (Å²) in [5.41, 5.74) is 1.10. The number of hydrogen-bond donors (Lipinski definition) is 1. The molecule has 0 aliphatic heterocycles. The molecule has 5 aromatic rings. The molecule has 0 aliphatic rings. The average molecular weight is 617 g/mol. The molecule has 0 saturated heterocycles. The summed E-state index contributed by atoms with van der Waals surface area (Å²) in [4.78, 5) is 8.91. The van der Waals surface area contributed by atoms with Gasteiger partial charge in [0, 0.05) is 18.4 Å². The molecule has 0 saturated carbocycles. The standard InChI is InChI=1S/C29H24ClF3N4O4S/c30-24-18-21(9-10-26(24)41-22-6-4-5-20(17-22)29(31,32)33)36-28-27-25(34-19-35-28)11-12-37(27)13-14-40-15-16-42(38,39)23-7-2-1-3-8-23/h1-12,17-19H,13-16H2,(H,34,35,36). The number of ether oxygens (including phenoxy) is 2. The van der Waals surface area contributed by atoms with E-state index in [1.807, 2.05) is 16.8 Å². The van der Waals surface area contributed by atoms with Crippen LogP contribution in [0.25, 0.3) is 11.0 Å². The number of aromatic nitrogens is 3. The molecule has 2 aromatic heterocycles. The van der Waals surface area contributed by atoms with Crippen LogP contribution in [-0.4, -0.2) is 41.9 Å². The topological polar surface area (TPSA) is 95.3 Å². The number of sulfone groups is 1. The molecule has 1 N–H and O–H groups in total. The van der Waals surface area contributed by atoms with E-state index in [0.29, 0.717) is 29.1 Å². The van der Waals surface area contributed by atoms with Crippen molar-refractivity contribution < 1.29 is 31.1 Å². The van der Waals surface area contributed by atoms with Crippen LogP contribution in [0.3, 0.4) is 0 Å². The zero-order chi connectivity index (χ0) is 29.7. The molecule has 2 heterocycles. The quantitative estimate of drug-likeness (QED) is 0.158. The fourth-order valence-corrected chi connectivity index (χ4v) is 5.51. The molecular weight excluding hydrogens is 593 g/mol. The van der Waals surface area contributed by atoms with Crippen molar-refractivity contribution >= 4 is 44.0 Å². The first-order valence-electron chi connectivity index (χ1n) is 12.7. The minimum atomic E-state index is -4.49. The molecule has 8 nitrogen and oxygen atoms in total. The summed E-state index contributed by atoms with van der Waals surface area (Å²) in [6, 6.07) is 19.3. The number of benzene rings is 3. The summed E-state index contributed by atoms with van der Waals surface area (Å²) >= 11 is 6.39. The molecule has 0 spiro atoms. The number of nitrogens with zero attached hydrogens (tertiary/aromatic N) is 3. The van der Waals surface area contributed by atoms with Gasteiger partial charge >= 0.3 is 6.18 Å². The lowest BCUT2D eigenvalue weighted by Gasteiger charge is -2.13. The van der Waals surface area contributed by atoms with E-state index in [9.17, 15) is 21.6 Å². The predicted molar refractivity (Wildman–Crippen MR) is 153 cm³/mol. The molecule has 0 amide bonds. The monoisotopic (exact) mass is 616 g/mol. The smallest absolute Gasteiger partial charge is 0.416 e. The highest BCUT2D eigenvalue weighted by Gasteiger charge is 2.30. The SMILES string of the molecule is O=S(=O)(CCOCCn1ccc2ncnc(Nc3ccc(Oc4cccc(C(F)(F)F)c4)c(Cl)c3)c21)c1ccccc1. The van der Waals surface area contributed by atoms with Crippen molar-refractivity contribution in [1.29, 1.82) is 0 Å². The number of anilines is 2. The minimum Gasteiger partial charge on any atom is -0.456 e. The molecule has 0 bridgehead atoms. The third-order valence-electron chi connectivity index (χ3n) is 6.21. The molecular formula is C29H24ClF3N4O4S. The number of alkyl halides is 3. The van der Waals surface area contributed by atoms with E-state index in [4.69, 9.17) is 21.1 Å². The minimum absolute atomic E-state index is 0.00246. The Morgan fingerprint density at radius 3 is 2.50 bits per heavy atom. The van der Waals surface area contributed by atoms with Crippen molar-refractivity contribution in [3.63, 3.8) is 0 Å². The van der Waals surface area contributed by atoms with Crippen molar-refractivity contribution in [2.24, 2.45) is 0 Å². The van der Waals surface area contributed by atoms with Gasteiger partial charge in [0.1, 0.15) is 23.3 Å². The molecule has 0 unspecified atom stereocenters. The Morgan fingerprint density at radius 1 is 0.929 bits per heavy atom. The lowest BCUT2D eigenvalue weighted by Crippen LogP contribution is -2.14. The lowest BCUT2D eigenvalue weighted by molar-refractivity contribution is -0.137. The molecule has 0 fully saturated rings. The number of hydrogen-bond acceptors (Lipinski definition) is 7. The Hall–Kier alpha value is -4.13. The van der Waals surface area contributed by atoms with Gasteiger partial charge < -0.3 is 19.4 Å². The Bertz CT molecular complexity index is 1800. The van der Waals surface area contributed by atoms with E-state index >= 15 is 0 Å². The Balaban J connectivity index is 1.23. The van der Waals surface area contributed by atoms with Gasteiger partial charge in [-0.15, -0.1) is 0 Å². The van der Waals surface area contributed by atoms with Crippen LogP contribution in [0.15, 0.2) is 96.3 Å². The van der Waals surface area contributed by atoms with E-state index in [0.717, 1.165) is 12.1 Å². The van der Waals surface area contributed by atoms with Crippen molar-refractivity contribution in [2.75, 3.05) is 24.3 Å². The summed E-state index contributed by atoms with van der Waals surface area (Å²) in [5, 5.41) is 3.37. The van der Waals surface area contributed by atoms with Crippen LogP contribution in [0.4, 0.5) is 24.7 Å². The highest BCUT2D eigenvalue weighted by Crippen LogP contribution is 2.36. The molecule has 0 aliphatic carbocycles. The van der Waals surface area contributed by atoms with Gasteiger partial charge in [-0.3, -0.25) is 0 Å². The lowest BCUT2D eigenvalue weighted by atomic mass is 10.2. The van der Waals surface area contributed by atoms with Gasteiger partial charge in [-0.05, 0) is 54.6 Å². The van der Waals surface area contributed by atoms with E-state index < -0.39 is 21.6 Å². The molecule has 5 rings (SSSR count). The van der Waals surface area contributed by atoms with Crippen LogP contribution in [0.5, 0.6) is 11.5 Å². The molecule has 42 heavy (non-hydrogen) atoms. The largest absolute Gasteiger partial charge is 0.456 e. The third-order valence-corrected chi connectivity index (χ3v) is 8.20. The first kappa shape index (κ1) is 29.4. The second-order valence-electron chi connectivity index (χ2n) is 9.11. The highest BCUT2D eigenvalue weighted by molar-refractivity contribution is 7.91. The summed E-state index contributed by atoms with van der Waals surface area (Å²) < 4.78 is 77.1. The summed E-state index contributed by atoms with van der Waals surface area (Å²) in [7, 11) is -3.43. The normalized spacial score (nSPS) is 12.0. The van der Waals surface area contributed by atoms with Crippen LogP contribution in [0, 0.1) is 0 Å². The second kappa shape index (κ2) is 12.4. The van der Waals surface area contributed by atoms with Crippen molar-refractivity contribution in [3.8, 4) is 11.5 Å². The molecule has 0 radical (unpaired) electrons. The van der Waals surface area contributed by atoms with Gasteiger partial charge in [0.2, 0.25) is 0 Å². The van der Waals surface area contributed by atoms with E-state index in [2.05, 4.69) is 15.3 Å². The van der Waals surface area contributed by atoms with Gasteiger partial charge in [-0.2, -0.15) is 13.2 Å². The van der Waals surface area contributed by atoms with Gasteiger partial charge in [0.05, 0.1) is 40.0 Å². The number of halogens is 4. The van der Waals surface area contributed by atoms with Crippen LogP contribution >= 0.6 is 11.6 Å². The van der Waals surface area contributed by atoms with Gasteiger partial charge in [0.25, 0.3) is 0 Å². The number of nitrogens with one attached hydrogen (secondary N) is 1. The summed E-state index contributed by atoms with van der Waals surface area (Å²) in [6.07, 6.45) is -1.26. The van der Waals surface area contributed by atoms with Crippen LogP contribution < -0.4 is 10.1 Å². The summed E-state index contributed by atoms with van der Waals surface area (Å²) in [6.45, 7) is 0.725. The van der Waals surface area contributed by atoms with Crippen molar-refractivity contribution in [1.82, 2.24) is 14.5 Å². The summed E-state index contributed by atoms with van der Waals surface area (Å²) in [5.74, 6) is 0.541. The van der Waals surface area contributed by atoms with E-state index in [1.54, 1.807) is 48.5 Å². The van der Waals surface area contributed by atoms with Gasteiger partial charge in [0.15, 0.2) is 15.7 Å². The van der Waals surface area contributed by atoms with Crippen molar-refractivity contribution in [3.05, 3.63) is 102 Å². The first-order valence-corrected chi connectivity index (χ1v) is 14.7. The van der Waals surface area contributed by atoms with E-state index in [-0.39, 0.29) is 40.4 Å². The number of fused-ring (bicyclic) bond motifs is 1.